The number of thioether (sulfide) groups is 1. The number of hydrogen-bond acceptors (Lipinski definition) is 12. The molecule has 1 fully saturated rings. The van der Waals surface area contributed by atoms with Gasteiger partial charge in [0.25, 0.3) is 0 Å². The lowest BCUT2D eigenvalue weighted by atomic mass is 9.97. The molecule has 3 rings (SSSR count). The Bertz CT molecular complexity index is 1200. The van der Waals surface area contributed by atoms with Crippen molar-refractivity contribution in [1.82, 2.24) is 20.1 Å². The molecule has 2 heterocycles. The number of rotatable bonds is 11. The molecule has 14 heteroatoms. The van der Waals surface area contributed by atoms with E-state index in [-0.39, 0.29) is 13.2 Å². The normalized spacial score (nSPS) is 22.2. The topological polar surface area (TPSA) is 157 Å². The zero-order chi connectivity index (χ0) is 29.4. The number of aromatic nitrogens is 3. The number of benzene rings is 1. The van der Waals surface area contributed by atoms with Gasteiger partial charge in [0.1, 0.15) is 36.5 Å². The van der Waals surface area contributed by atoms with Crippen LogP contribution in [-0.2, 0) is 51.3 Å². The Morgan fingerprint density at radius 2 is 1.62 bits per heavy atom. The van der Waals surface area contributed by atoms with E-state index >= 15 is 0 Å². The van der Waals surface area contributed by atoms with Crippen molar-refractivity contribution in [2.45, 2.75) is 89.6 Å². The first kappa shape index (κ1) is 30.9. The molecule has 0 spiro atoms. The van der Waals surface area contributed by atoms with Gasteiger partial charge in [0, 0.05) is 34.2 Å². The summed E-state index contributed by atoms with van der Waals surface area (Å²) >= 11 is 1.12. The van der Waals surface area contributed by atoms with Crippen molar-refractivity contribution in [3.63, 3.8) is 0 Å². The molecule has 1 N–H and O–H groups in total. The fourth-order valence-corrected chi connectivity index (χ4v) is 5.33. The molecule has 0 bridgehead atoms. The summed E-state index contributed by atoms with van der Waals surface area (Å²) in [6.07, 6.45) is -3.33. The molecule has 0 radical (unpaired) electrons. The zero-order valence-electron chi connectivity index (χ0n) is 23.2. The monoisotopic (exact) mass is 578 g/mol. The summed E-state index contributed by atoms with van der Waals surface area (Å²) in [5, 5.41) is 11.8. The number of nitrogens with one attached hydrogen (secondary N) is 1. The first-order valence-corrected chi connectivity index (χ1v) is 13.5. The third kappa shape index (κ3) is 8.42. The van der Waals surface area contributed by atoms with Crippen LogP contribution < -0.4 is 10.1 Å². The average molecular weight is 579 g/mol. The lowest BCUT2D eigenvalue weighted by molar-refractivity contribution is -0.211. The fourth-order valence-electron chi connectivity index (χ4n) is 4.11. The number of amides is 1. The minimum absolute atomic E-state index is 0.158. The SMILES string of the molecule is CCn1c(COc2ccc(C)cc2)nnc1S[C@@H]1O[C@H](COC(C)=O)[C@H](OC(C)=O)[C@@H](OC(C)=O)[C@@H]1NC(C)=O. The van der Waals surface area contributed by atoms with Gasteiger partial charge in [0.15, 0.2) is 23.2 Å². The molecule has 1 amide bonds. The third-order valence-corrected chi connectivity index (χ3v) is 6.94. The van der Waals surface area contributed by atoms with Crippen LogP contribution in [0, 0.1) is 6.92 Å². The Balaban J connectivity index is 1.92. The van der Waals surface area contributed by atoms with Gasteiger partial charge in [-0.05, 0) is 26.0 Å². The molecule has 0 unspecified atom stereocenters. The largest absolute Gasteiger partial charge is 0.486 e. The second-order valence-corrected chi connectivity index (χ2v) is 10.1. The highest BCUT2D eigenvalue weighted by Crippen LogP contribution is 2.36. The minimum atomic E-state index is -1.17. The Labute approximate surface area is 236 Å². The van der Waals surface area contributed by atoms with Gasteiger partial charge in [-0.3, -0.25) is 19.2 Å². The van der Waals surface area contributed by atoms with Gasteiger partial charge < -0.3 is 33.6 Å². The molecule has 0 saturated carbocycles. The van der Waals surface area contributed by atoms with E-state index in [1.54, 1.807) is 0 Å². The standard InChI is InChI=1S/C26H34N4O9S/c1-7-30-21(13-36-19-10-8-14(2)9-11-19)28-29-26(30)40-25-22(27-15(3)31)24(38-18(6)34)23(37-17(5)33)20(39-25)12-35-16(4)32/h8-11,20,22-25H,7,12-13H2,1-6H3,(H,27,31)/t20-,22+,23+,24+,25+/m1/s1. The zero-order valence-corrected chi connectivity index (χ0v) is 24.1. The van der Waals surface area contributed by atoms with Crippen LogP contribution in [0.3, 0.4) is 0 Å². The van der Waals surface area contributed by atoms with Crippen LogP contribution in [0.15, 0.2) is 29.4 Å². The summed E-state index contributed by atoms with van der Waals surface area (Å²) in [6.45, 7) is 9.18. The smallest absolute Gasteiger partial charge is 0.303 e. The summed E-state index contributed by atoms with van der Waals surface area (Å²) in [5.74, 6) is -1.10. The molecule has 1 aromatic heterocycles. The Morgan fingerprint density at radius 3 is 2.20 bits per heavy atom. The van der Waals surface area contributed by atoms with Crippen molar-refractivity contribution >= 4 is 35.6 Å². The molecule has 13 nitrogen and oxygen atoms in total. The summed E-state index contributed by atoms with van der Waals surface area (Å²) < 4.78 is 30.1. The highest BCUT2D eigenvalue weighted by Gasteiger charge is 2.51. The summed E-state index contributed by atoms with van der Waals surface area (Å²) in [7, 11) is 0. The maximum Gasteiger partial charge on any atom is 0.303 e. The molecule has 1 aliphatic rings. The lowest BCUT2D eigenvalue weighted by Crippen LogP contribution is -2.65. The van der Waals surface area contributed by atoms with Crippen molar-refractivity contribution < 1.29 is 42.9 Å². The van der Waals surface area contributed by atoms with Gasteiger partial charge in [0.2, 0.25) is 5.91 Å². The average Bonchev–Trinajstić information content (AvgIpc) is 3.26. The number of carbonyl (C=O) groups excluding carboxylic acids is 4. The first-order chi connectivity index (χ1) is 19.0. The summed E-state index contributed by atoms with van der Waals surface area (Å²) in [4.78, 5) is 47.8. The molecule has 1 aromatic carbocycles. The van der Waals surface area contributed by atoms with E-state index in [4.69, 9.17) is 23.7 Å². The van der Waals surface area contributed by atoms with Crippen LogP contribution in [0.2, 0.25) is 0 Å². The van der Waals surface area contributed by atoms with Crippen LogP contribution in [-0.4, -0.2) is 75.0 Å². The molecule has 218 valence electrons. The van der Waals surface area contributed by atoms with Gasteiger partial charge in [-0.1, -0.05) is 29.5 Å². The fraction of sp³-hybridized carbons (Fsp3) is 0.538. The van der Waals surface area contributed by atoms with Crippen LogP contribution in [0.4, 0.5) is 0 Å². The number of esters is 3. The van der Waals surface area contributed by atoms with E-state index in [1.165, 1.54) is 27.7 Å². The Morgan fingerprint density at radius 1 is 0.975 bits per heavy atom. The number of aryl methyl sites for hydroxylation is 1. The van der Waals surface area contributed by atoms with Gasteiger partial charge in [-0.2, -0.15) is 0 Å². The van der Waals surface area contributed by atoms with E-state index in [0.29, 0.717) is 23.3 Å². The van der Waals surface area contributed by atoms with Gasteiger partial charge in [0.05, 0.1) is 0 Å². The predicted octanol–water partition coefficient (Wildman–Crippen LogP) is 1.93. The molecule has 1 saturated heterocycles. The molecule has 40 heavy (non-hydrogen) atoms. The van der Waals surface area contributed by atoms with E-state index in [0.717, 1.165) is 17.3 Å². The number of ether oxygens (including phenoxy) is 5. The highest BCUT2D eigenvalue weighted by atomic mass is 32.2. The molecule has 0 aliphatic carbocycles. The van der Waals surface area contributed by atoms with E-state index in [9.17, 15) is 19.2 Å². The van der Waals surface area contributed by atoms with Gasteiger partial charge >= 0.3 is 17.9 Å². The maximum atomic E-state index is 12.2. The summed E-state index contributed by atoms with van der Waals surface area (Å²) in [6, 6.07) is 6.66. The predicted molar refractivity (Wildman–Crippen MR) is 141 cm³/mol. The van der Waals surface area contributed by atoms with Crippen molar-refractivity contribution in [1.29, 1.82) is 0 Å². The molecular weight excluding hydrogens is 544 g/mol. The lowest BCUT2D eigenvalue weighted by Gasteiger charge is -2.44. The van der Waals surface area contributed by atoms with Crippen molar-refractivity contribution in [2.24, 2.45) is 0 Å². The second kappa shape index (κ2) is 14.1. The Hall–Kier alpha value is -3.65. The van der Waals surface area contributed by atoms with Crippen molar-refractivity contribution in [3.05, 3.63) is 35.7 Å². The second-order valence-electron chi connectivity index (χ2n) is 9.08. The minimum Gasteiger partial charge on any atom is -0.486 e. The number of hydrogen-bond donors (Lipinski definition) is 1. The molecule has 1 aliphatic heterocycles. The molecule has 2 aromatic rings. The van der Waals surface area contributed by atoms with Crippen molar-refractivity contribution in [2.75, 3.05) is 6.61 Å². The number of nitrogens with zero attached hydrogens (tertiary/aromatic N) is 3. The quantitative estimate of drug-likeness (QED) is 0.306. The molecule has 5 atom stereocenters. The Kier molecular flexibility index (Phi) is 10.9. The molecular formula is C26H34N4O9S. The van der Waals surface area contributed by atoms with E-state index in [1.807, 2.05) is 42.7 Å². The number of carbonyl (C=O) groups is 4. The van der Waals surface area contributed by atoms with Crippen LogP contribution >= 0.6 is 11.8 Å². The van der Waals surface area contributed by atoms with Gasteiger partial charge in [-0.25, -0.2) is 0 Å². The van der Waals surface area contributed by atoms with Crippen LogP contribution in [0.25, 0.3) is 0 Å². The third-order valence-electron chi connectivity index (χ3n) is 5.79. The van der Waals surface area contributed by atoms with Gasteiger partial charge in [-0.15, -0.1) is 10.2 Å². The maximum absolute atomic E-state index is 12.2. The van der Waals surface area contributed by atoms with E-state index < -0.39 is 53.6 Å². The summed E-state index contributed by atoms with van der Waals surface area (Å²) in [5.41, 5.74) is 0.208. The highest BCUT2D eigenvalue weighted by molar-refractivity contribution is 7.99. The van der Waals surface area contributed by atoms with E-state index in [2.05, 4.69) is 15.5 Å². The van der Waals surface area contributed by atoms with Crippen LogP contribution in [0.1, 0.15) is 46.0 Å². The van der Waals surface area contributed by atoms with Crippen LogP contribution in [0.5, 0.6) is 5.75 Å². The first-order valence-electron chi connectivity index (χ1n) is 12.7. The van der Waals surface area contributed by atoms with Crippen molar-refractivity contribution in [3.8, 4) is 5.75 Å².